The standard InChI is InChI=1S/C55H68N8O9S/c1-34(2)41-8-5-6-9-42(41)45-10-7-22-62(45)39-30-55(31-39)19-24-61(25-20-55)37-11-12-43(47(27-37)72-49-26-36-15-21-56-51(36)58-53(49)71-32-38-16-23-60(38)4)52(64)59-73(68,69)40-28-46(63(66)67)50-48(29-40)70-33-44(57-50)35-13-17-54(3,65)18-14-35/h5-6,8-9,11-12,15,21,26-29,34-35,38-39,44-45,57,65H,7,10,13-14,16-20,22-25,30-33H2,1-4H3,(H,56,58)(H,59,64)/t35?,38-,44+,45-,54?/m0/s1. The average Bonchev–Trinajstić information content (AvgIpc) is 4.04. The SMILES string of the molecule is CC(C)c1ccccc1[C@@H]1CCCN1C1CC2(CCN(c3ccc(C(=O)NS(=O)(=O)c4cc5c(c([N+](=O)[O-])c4)N[C@@H](C4CCC(C)(O)CC4)CO5)c(Oc4cc5cc[nH]c5nc4OC[C@@H]4CCN4C)c3)CC2)C1. The Morgan fingerprint density at radius 1 is 0.986 bits per heavy atom. The van der Waals surface area contributed by atoms with E-state index in [1.165, 1.54) is 42.9 Å². The van der Waals surface area contributed by atoms with Crippen LogP contribution in [0.25, 0.3) is 11.0 Å². The lowest BCUT2D eigenvalue weighted by Gasteiger charge is -2.56. The number of nitrogens with one attached hydrogen (secondary N) is 3. The van der Waals surface area contributed by atoms with Gasteiger partial charge in [0.1, 0.15) is 24.6 Å². The first kappa shape index (κ1) is 49.3. The van der Waals surface area contributed by atoms with Crippen molar-refractivity contribution < 1.29 is 37.5 Å². The number of nitro benzene ring substituents is 1. The number of benzene rings is 3. The molecule has 2 aliphatic carbocycles. The predicted octanol–water partition coefficient (Wildman–Crippen LogP) is 9.29. The van der Waals surface area contributed by atoms with Crippen molar-refractivity contribution in [3.8, 4) is 23.1 Å². The smallest absolute Gasteiger partial charge is 0.297 e. The number of anilines is 2. The third-order valence-electron chi connectivity index (χ3n) is 17.2. The molecule has 2 aromatic heterocycles. The molecule has 0 unspecified atom stereocenters. The topological polar surface area (TPSA) is 205 Å². The maximum Gasteiger partial charge on any atom is 0.297 e. The summed E-state index contributed by atoms with van der Waals surface area (Å²) in [6, 6.07) is 20.9. The first-order chi connectivity index (χ1) is 35.0. The van der Waals surface area contributed by atoms with Gasteiger partial charge < -0.3 is 34.5 Å². The first-order valence-electron chi connectivity index (χ1n) is 26.3. The molecule has 2 saturated carbocycles. The predicted molar refractivity (Wildman–Crippen MR) is 278 cm³/mol. The van der Waals surface area contributed by atoms with E-state index in [9.17, 15) is 28.4 Å². The van der Waals surface area contributed by atoms with Gasteiger partial charge in [0.2, 0.25) is 0 Å². The normalized spacial score (nSPS) is 25.4. The highest BCUT2D eigenvalue weighted by Gasteiger charge is 2.50. The number of fused-ring (bicyclic) bond motifs is 2. The summed E-state index contributed by atoms with van der Waals surface area (Å²) in [6.07, 6.45) is 12.2. The number of H-pyrrole nitrogens is 1. The molecule has 6 aliphatic rings. The molecule has 11 rings (SSSR count). The molecule has 17 nitrogen and oxygen atoms in total. The Morgan fingerprint density at radius 3 is 2.49 bits per heavy atom. The number of aliphatic hydroxyl groups is 1. The summed E-state index contributed by atoms with van der Waals surface area (Å²) in [6.45, 7) is 10.6. The van der Waals surface area contributed by atoms with Crippen molar-refractivity contribution in [2.24, 2.45) is 11.3 Å². The molecule has 1 spiro atoms. The van der Waals surface area contributed by atoms with Crippen LogP contribution in [0.5, 0.6) is 23.1 Å². The van der Waals surface area contributed by atoms with Gasteiger partial charge in [0.25, 0.3) is 27.5 Å². The zero-order chi connectivity index (χ0) is 50.8. The quantitative estimate of drug-likeness (QED) is 0.0605. The molecule has 6 heterocycles. The third kappa shape index (κ3) is 9.83. The number of rotatable bonds is 14. The van der Waals surface area contributed by atoms with Crippen molar-refractivity contribution in [3.05, 3.63) is 99.7 Å². The second kappa shape index (κ2) is 19.4. The molecular formula is C55H68N8O9S. The van der Waals surface area contributed by atoms with E-state index < -0.39 is 37.0 Å². The molecule has 5 fully saturated rings. The Labute approximate surface area is 427 Å². The van der Waals surface area contributed by atoms with Crippen molar-refractivity contribution in [1.29, 1.82) is 0 Å². The van der Waals surface area contributed by atoms with Crippen LogP contribution < -0.4 is 29.1 Å². The lowest BCUT2D eigenvalue weighted by atomic mass is 9.59. The molecule has 18 heteroatoms. The van der Waals surface area contributed by atoms with Crippen molar-refractivity contribution >= 4 is 44.0 Å². The molecule has 4 N–H and O–H groups in total. The minimum absolute atomic E-state index is 0.00360. The number of aromatic amines is 1. The van der Waals surface area contributed by atoms with Crippen LogP contribution in [0.1, 0.15) is 125 Å². The number of nitrogens with zero attached hydrogens (tertiary/aromatic N) is 5. The lowest BCUT2D eigenvalue weighted by Crippen LogP contribution is -2.54. The van der Waals surface area contributed by atoms with Crippen LogP contribution in [0.2, 0.25) is 0 Å². The molecule has 1 amide bonds. The molecule has 0 radical (unpaired) electrons. The highest BCUT2D eigenvalue weighted by molar-refractivity contribution is 7.90. The van der Waals surface area contributed by atoms with E-state index in [0.717, 1.165) is 62.6 Å². The number of carbonyl (C=O) groups is 1. The Hall–Kier alpha value is -5.95. The molecule has 388 valence electrons. The summed E-state index contributed by atoms with van der Waals surface area (Å²) in [5.41, 5.74) is 3.40. The van der Waals surface area contributed by atoms with Crippen molar-refractivity contribution in [3.63, 3.8) is 0 Å². The van der Waals surface area contributed by atoms with Gasteiger partial charge in [-0.25, -0.2) is 13.1 Å². The van der Waals surface area contributed by atoms with Gasteiger partial charge in [-0.15, -0.1) is 0 Å². The summed E-state index contributed by atoms with van der Waals surface area (Å²) in [7, 11) is -2.68. The minimum Gasteiger partial charge on any atom is -0.489 e. The highest BCUT2D eigenvalue weighted by Crippen LogP contribution is 2.55. The molecular weight excluding hydrogens is 949 g/mol. The second-order valence-corrected chi connectivity index (χ2v) is 24.0. The number of likely N-dealkylation sites (tertiary alicyclic amines) is 2. The van der Waals surface area contributed by atoms with Crippen molar-refractivity contribution in [2.75, 3.05) is 56.7 Å². The Bertz CT molecular complexity index is 3010. The molecule has 3 atom stereocenters. The van der Waals surface area contributed by atoms with E-state index in [4.69, 9.17) is 19.2 Å². The van der Waals surface area contributed by atoms with Gasteiger partial charge in [-0.1, -0.05) is 38.1 Å². The lowest BCUT2D eigenvalue weighted by molar-refractivity contribution is -0.384. The van der Waals surface area contributed by atoms with Crippen LogP contribution >= 0.6 is 0 Å². The zero-order valence-corrected chi connectivity index (χ0v) is 43.1. The number of carbonyl (C=O) groups excluding carboxylic acids is 1. The molecule has 73 heavy (non-hydrogen) atoms. The maximum atomic E-state index is 14.5. The average molecular weight is 1020 g/mol. The number of aromatic nitrogens is 2. The van der Waals surface area contributed by atoms with Gasteiger partial charge in [0.15, 0.2) is 17.2 Å². The van der Waals surface area contributed by atoms with E-state index in [1.54, 1.807) is 24.4 Å². The summed E-state index contributed by atoms with van der Waals surface area (Å²) in [4.78, 5) is 41.0. The summed E-state index contributed by atoms with van der Waals surface area (Å²) < 4.78 is 49.6. The molecule has 3 saturated heterocycles. The number of amides is 1. The van der Waals surface area contributed by atoms with Gasteiger partial charge in [-0.05, 0) is 150 Å². The van der Waals surface area contributed by atoms with Crippen LogP contribution in [-0.2, 0) is 10.0 Å². The van der Waals surface area contributed by atoms with Gasteiger partial charge in [-0.3, -0.25) is 24.7 Å². The number of pyridine rings is 1. The van der Waals surface area contributed by atoms with E-state index >= 15 is 0 Å². The van der Waals surface area contributed by atoms with Gasteiger partial charge in [0.05, 0.1) is 27.0 Å². The fourth-order valence-electron chi connectivity index (χ4n) is 12.6. The highest BCUT2D eigenvalue weighted by atomic mass is 32.2. The minimum atomic E-state index is -4.71. The zero-order valence-electron chi connectivity index (χ0n) is 42.3. The Balaban J connectivity index is 0.841. The number of hydrogen-bond donors (Lipinski definition) is 4. The van der Waals surface area contributed by atoms with Crippen LogP contribution in [0, 0.1) is 21.4 Å². The van der Waals surface area contributed by atoms with Crippen LogP contribution in [0.15, 0.2) is 77.8 Å². The molecule has 5 aromatic rings. The Morgan fingerprint density at radius 2 is 1.77 bits per heavy atom. The fraction of sp³-hybridized carbons (Fsp3) is 0.527. The summed E-state index contributed by atoms with van der Waals surface area (Å²) >= 11 is 0. The summed E-state index contributed by atoms with van der Waals surface area (Å²) in [5, 5.41) is 27.0. The molecule has 0 bridgehead atoms. The maximum absolute atomic E-state index is 14.5. The largest absolute Gasteiger partial charge is 0.489 e. The molecule has 3 aromatic carbocycles. The number of piperidine rings is 1. The van der Waals surface area contributed by atoms with Gasteiger partial charge in [0, 0.05) is 66.7 Å². The molecule has 4 aliphatic heterocycles. The summed E-state index contributed by atoms with van der Waals surface area (Å²) in [5.74, 6) is 0.157. The number of ether oxygens (including phenoxy) is 3. The second-order valence-electron chi connectivity index (χ2n) is 22.4. The van der Waals surface area contributed by atoms with E-state index in [0.29, 0.717) is 55.9 Å². The first-order valence-corrected chi connectivity index (χ1v) is 27.7. The number of likely N-dealkylation sites (N-methyl/N-ethyl adjacent to an activating group) is 1. The van der Waals surface area contributed by atoms with Crippen LogP contribution in [0.4, 0.5) is 17.1 Å². The van der Waals surface area contributed by atoms with Gasteiger partial charge >= 0.3 is 0 Å². The van der Waals surface area contributed by atoms with Crippen molar-refractivity contribution in [2.45, 2.75) is 132 Å². The number of hydrogen-bond acceptors (Lipinski definition) is 14. The Kier molecular flexibility index (Phi) is 13.1. The van der Waals surface area contributed by atoms with Crippen LogP contribution in [-0.4, -0.2) is 114 Å². The van der Waals surface area contributed by atoms with E-state index in [1.807, 2.05) is 26.1 Å². The van der Waals surface area contributed by atoms with Crippen LogP contribution in [0.3, 0.4) is 0 Å². The van der Waals surface area contributed by atoms with Gasteiger partial charge in [-0.2, -0.15) is 4.98 Å². The monoisotopic (exact) mass is 1020 g/mol. The van der Waals surface area contributed by atoms with Crippen molar-refractivity contribution in [1.82, 2.24) is 24.5 Å². The third-order valence-corrected chi connectivity index (χ3v) is 18.5. The number of sulfonamides is 1. The number of nitro groups is 1. The fourth-order valence-corrected chi connectivity index (χ4v) is 13.6. The van der Waals surface area contributed by atoms with E-state index in [2.05, 4.69) is 67.8 Å². The van der Waals surface area contributed by atoms with E-state index in [-0.39, 0.29) is 64.4 Å².